The predicted molar refractivity (Wildman–Crippen MR) is 90.4 cm³/mol. The van der Waals surface area contributed by atoms with Crippen molar-refractivity contribution >= 4 is 23.7 Å². The zero-order valence-electron chi connectivity index (χ0n) is 13.3. The molecule has 0 atom stereocenters. The third kappa shape index (κ3) is 4.57. The maximum absolute atomic E-state index is 11.7. The van der Waals surface area contributed by atoms with Crippen LogP contribution in [0.15, 0.2) is 53.6 Å². The summed E-state index contributed by atoms with van der Waals surface area (Å²) in [5, 5.41) is 6.22. The molecule has 2 aromatic rings. The lowest BCUT2D eigenvalue weighted by molar-refractivity contribution is -0.136. The lowest BCUT2D eigenvalue weighted by Crippen LogP contribution is -2.32. The number of benzene rings is 2. The number of hydrazone groups is 1. The Bertz CT molecular complexity index is 745. The molecule has 124 valence electrons. The van der Waals surface area contributed by atoms with Gasteiger partial charge in [-0.2, -0.15) is 5.10 Å². The van der Waals surface area contributed by atoms with Crippen LogP contribution in [0.25, 0.3) is 0 Å². The molecular formula is C17H17N3O4. The minimum Gasteiger partial charge on any atom is -0.497 e. The molecule has 24 heavy (non-hydrogen) atoms. The number of nitrogens with zero attached hydrogens (tertiary/aromatic N) is 1. The Morgan fingerprint density at radius 1 is 1.00 bits per heavy atom. The van der Waals surface area contributed by atoms with Gasteiger partial charge in [0.1, 0.15) is 11.5 Å². The molecule has 7 heteroatoms. The van der Waals surface area contributed by atoms with Crippen LogP contribution in [0, 0.1) is 0 Å². The van der Waals surface area contributed by atoms with Crippen LogP contribution in [-0.2, 0) is 9.59 Å². The molecule has 2 amide bonds. The first kappa shape index (κ1) is 17.0. The quantitative estimate of drug-likeness (QED) is 0.498. The minimum atomic E-state index is -0.873. The first-order valence-electron chi connectivity index (χ1n) is 7.05. The van der Waals surface area contributed by atoms with Crippen molar-refractivity contribution in [1.82, 2.24) is 5.43 Å². The molecular weight excluding hydrogens is 310 g/mol. The van der Waals surface area contributed by atoms with Crippen molar-refractivity contribution in [2.75, 3.05) is 19.5 Å². The summed E-state index contributed by atoms with van der Waals surface area (Å²) < 4.78 is 10.3. The fraction of sp³-hybridized carbons (Fsp3) is 0.118. The lowest BCUT2D eigenvalue weighted by Gasteiger charge is -2.07. The summed E-state index contributed by atoms with van der Waals surface area (Å²) in [5.74, 6) is -0.515. The van der Waals surface area contributed by atoms with Crippen LogP contribution in [0.3, 0.4) is 0 Å². The molecule has 0 aliphatic rings. The Labute approximate surface area is 139 Å². The number of hydrogen-bond acceptors (Lipinski definition) is 5. The van der Waals surface area contributed by atoms with Gasteiger partial charge in [0.25, 0.3) is 0 Å². The van der Waals surface area contributed by atoms with Crippen LogP contribution < -0.4 is 20.2 Å². The van der Waals surface area contributed by atoms with Crippen LogP contribution >= 0.6 is 0 Å². The SMILES string of the molecule is COc1ccc(C=NNC(=O)C(=O)Nc2ccccc2)c(OC)c1. The average Bonchev–Trinajstić information content (AvgIpc) is 2.62. The molecule has 0 fully saturated rings. The number of methoxy groups -OCH3 is 2. The number of amides is 2. The summed E-state index contributed by atoms with van der Waals surface area (Å²) in [5.41, 5.74) is 3.32. The highest BCUT2D eigenvalue weighted by atomic mass is 16.5. The smallest absolute Gasteiger partial charge is 0.329 e. The maximum atomic E-state index is 11.7. The van der Waals surface area contributed by atoms with Crippen molar-refractivity contribution in [3.63, 3.8) is 0 Å². The van der Waals surface area contributed by atoms with Crippen molar-refractivity contribution in [3.05, 3.63) is 54.1 Å². The minimum absolute atomic E-state index is 0.526. The Balaban J connectivity index is 1.96. The van der Waals surface area contributed by atoms with Crippen molar-refractivity contribution in [3.8, 4) is 11.5 Å². The van der Waals surface area contributed by atoms with Gasteiger partial charge in [-0.25, -0.2) is 5.43 Å². The summed E-state index contributed by atoms with van der Waals surface area (Å²) in [4.78, 5) is 23.4. The van der Waals surface area contributed by atoms with E-state index < -0.39 is 11.8 Å². The van der Waals surface area contributed by atoms with E-state index >= 15 is 0 Å². The number of anilines is 1. The van der Waals surface area contributed by atoms with E-state index in [0.717, 1.165) is 0 Å². The van der Waals surface area contributed by atoms with Crippen molar-refractivity contribution in [1.29, 1.82) is 0 Å². The summed E-state index contributed by atoms with van der Waals surface area (Å²) in [6, 6.07) is 13.8. The van der Waals surface area contributed by atoms with Crippen molar-refractivity contribution in [2.45, 2.75) is 0 Å². The summed E-state index contributed by atoms with van der Waals surface area (Å²) >= 11 is 0. The van der Waals surface area contributed by atoms with Gasteiger partial charge in [-0.05, 0) is 24.3 Å². The number of ether oxygens (including phenoxy) is 2. The highest BCUT2D eigenvalue weighted by Gasteiger charge is 2.12. The monoisotopic (exact) mass is 327 g/mol. The maximum Gasteiger partial charge on any atom is 0.329 e. The molecule has 2 rings (SSSR count). The molecule has 0 aliphatic carbocycles. The third-order valence-corrected chi connectivity index (χ3v) is 3.05. The zero-order valence-corrected chi connectivity index (χ0v) is 13.3. The topological polar surface area (TPSA) is 89.0 Å². The van der Waals surface area contributed by atoms with Gasteiger partial charge < -0.3 is 14.8 Å². The van der Waals surface area contributed by atoms with E-state index in [-0.39, 0.29) is 0 Å². The molecule has 0 unspecified atom stereocenters. The van der Waals surface area contributed by atoms with E-state index in [2.05, 4.69) is 15.8 Å². The van der Waals surface area contributed by atoms with E-state index in [1.54, 1.807) is 49.6 Å². The van der Waals surface area contributed by atoms with Gasteiger partial charge in [0, 0.05) is 17.3 Å². The predicted octanol–water partition coefficient (Wildman–Crippen LogP) is 1.79. The van der Waals surface area contributed by atoms with E-state index in [1.165, 1.54) is 13.3 Å². The van der Waals surface area contributed by atoms with Gasteiger partial charge in [-0.15, -0.1) is 0 Å². The second kappa shape index (κ2) is 8.33. The molecule has 0 aliphatic heterocycles. The molecule has 0 saturated heterocycles. The molecule has 7 nitrogen and oxygen atoms in total. The molecule has 0 heterocycles. The van der Waals surface area contributed by atoms with Crippen LogP contribution in [0.4, 0.5) is 5.69 Å². The first-order chi connectivity index (χ1) is 11.6. The second-order valence-electron chi connectivity index (χ2n) is 4.63. The highest BCUT2D eigenvalue weighted by Crippen LogP contribution is 2.22. The molecule has 0 aromatic heterocycles. The van der Waals surface area contributed by atoms with Gasteiger partial charge in [-0.3, -0.25) is 9.59 Å². The first-order valence-corrected chi connectivity index (χ1v) is 7.05. The largest absolute Gasteiger partial charge is 0.497 e. The fourth-order valence-electron chi connectivity index (χ4n) is 1.85. The van der Waals surface area contributed by atoms with E-state index in [4.69, 9.17) is 9.47 Å². The number of carbonyl (C=O) groups excluding carboxylic acids is 2. The van der Waals surface area contributed by atoms with E-state index in [1.807, 2.05) is 6.07 Å². The number of nitrogens with one attached hydrogen (secondary N) is 2. The summed E-state index contributed by atoms with van der Waals surface area (Å²) in [7, 11) is 3.06. The molecule has 2 N–H and O–H groups in total. The van der Waals surface area contributed by atoms with E-state index in [9.17, 15) is 9.59 Å². The van der Waals surface area contributed by atoms with Gasteiger partial charge in [0.05, 0.1) is 20.4 Å². The third-order valence-electron chi connectivity index (χ3n) is 3.05. The lowest BCUT2D eigenvalue weighted by atomic mass is 10.2. The van der Waals surface area contributed by atoms with E-state index in [0.29, 0.717) is 22.7 Å². The van der Waals surface area contributed by atoms with Gasteiger partial charge in [0.15, 0.2) is 0 Å². The van der Waals surface area contributed by atoms with Crippen molar-refractivity contribution < 1.29 is 19.1 Å². The number of carbonyl (C=O) groups is 2. The number of para-hydroxylation sites is 1. The standard InChI is InChI=1S/C17H17N3O4/c1-23-14-9-8-12(15(10-14)24-2)11-18-20-17(22)16(21)19-13-6-4-3-5-7-13/h3-11H,1-2H3,(H,19,21)(H,20,22). The van der Waals surface area contributed by atoms with Crippen molar-refractivity contribution in [2.24, 2.45) is 5.10 Å². The molecule has 0 radical (unpaired) electrons. The number of rotatable bonds is 5. The van der Waals surface area contributed by atoms with Crippen LogP contribution in [0.5, 0.6) is 11.5 Å². The summed E-state index contributed by atoms with van der Waals surface area (Å²) in [6.45, 7) is 0. The van der Waals surface area contributed by atoms with Gasteiger partial charge >= 0.3 is 11.8 Å². The molecule has 0 saturated carbocycles. The second-order valence-corrected chi connectivity index (χ2v) is 4.63. The summed E-state index contributed by atoms with van der Waals surface area (Å²) in [6.07, 6.45) is 1.38. The van der Waals surface area contributed by atoms with Gasteiger partial charge in [-0.1, -0.05) is 18.2 Å². The van der Waals surface area contributed by atoms with Crippen LogP contribution in [-0.4, -0.2) is 32.2 Å². The van der Waals surface area contributed by atoms with Crippen LogP contribution in [0.1, 0.15) is 5.56 Å². The Kier molecular flexibility index (Phi) is 5.90. The Morgan fingerprint density at radius 3 is 2.42 bits per heavy atom. The Morgan fingerprint density at radius 2 is 1.75 bits per heavy atom. The molecule has 2 aromatic carbocycles. The highest BCUT2D eigenvalue weighted by molar-refractivity contribution is 6.39. The van der Waals surface area contributed by atoms with Crippen LogP contribution in [0.2, 0.25) is 0 Å². The molecule has 0 bridgehead atoms. The van der Waals surface area contributed by atoms with Gasteiger partial charge in [0.2, 0.25) is 0 Å². The fourth-order valence-corrected chi connectivity index (χ4v) is 1.85. The molecule has 0 spiro atoms. The normalized spacial score (nSPS) is 10.2. The zero-order chi connectivity index (χ0) is 17.4. The Hall–Kier alpha value is -3.35. The average molecular weight is 327 g/mol. The number of hydrogen-bond donors (Lipinski definition) is 2.